The smallest absolute Gasteiger partial charge is 0.338 e. The van der Waals surface area contributed by atoms with Crippen molar-refractivity contribution in [3.8, 4) is 0 Å². The van der Waals surface area contributed by atoms with Crippen molar-refractivity contribution in [2.24, 2.45) is 0 Å². The molecule has 0 saturated carbocycles. The van der Waals surface area contributed by atoms with E-state index in [4.69, 9.17) is 33.3 Å². The number of rotatable bonds is 9. The molecule has 0 radical (unpaired) electrons. The lowest BCUT2D eigenvalue weighted by Gasteiger charge is -2.16. The highest BCUT2D eigenvalue weighted by Gasteiger charge is 2.28. The van der Waals surface area contributed by atoms with E-state index in [-0.39, 0.29) is 40.1 Å². The number of amides is 1. The molecule has 0 spiro atoms. The minimum atomic E-state index is -2.45. The van der Waals surface area contributed by atoms with Crippen LogP contribution < -0.4 is 22.1 Å². The second kappa shape index (κ2) is 10.1. The van der Waals surface area contributed by atoms with Crippen LogP contribution in [0.15, 0.2) is 24.4 Å². The first kappa shape index (κ1) is 24.3. The van der Waals surface area contributed by atoms with Gasteiger partial charge in [0.15, 0.2) is 23.2 Å². The zero-order valence-electron chi connectivity index (χ0n) is 17.2. The molecule has 3 aromatic rings. The molecule has 15 heteroatoms. The van der Waals surface area contributed by atoms with Gasteiger partial charge >= 0.3 is 11.9 Å². The zero-order chi connectivity index (χ0) is 25.0. The summed E-state index contributed by atoms with van der Waals surface area (Å²) in [5, 5.41) is 22.9. The van der Waals surface area contributed by atoms with E-state index in [1.54, 1.807) is 0 Å². The van der Waals surface area contributed by atoms with Gasteiger partial charge in [-0.15, -0.1) is 0 Å². The number of halogens is 2. The van der Waals surface area contributed by atoms with E-state index in [0.717, 1.165) is 0 Å². The van der Waals surface area contributed by atoms with Gasteiger partial charge in [0.25, 0.3) is 5.91 Å². The van der Waals surface area contributed by atoms with Gasteiger partial charge in [0, 0.05) is 12.0 Å². The molecule has 0 fully saturated rings. The molecule has 13 nitrogen and oxygen atoms in total. The van der Waals surface area contributed by atoms with Crippen LogP contribution in [0, 0.1) is 0 Å². The van der Waals surface area contributed by atoms with Gasteiger partial charge in [-0.25, -0.2) is 23.9 Å². The number of carbonyl (C=O) groups is 3. The fourth-order valence-electron chi connectivity index (χ4n) is 2.82. The molecular formula is C19H18ClFN8O5. The largest absolute Gasteiger partial charge is 0.480 e. The van der Waals surface area contributed by atoms with E-state index in [1.165, 1.54) is 24.4 Å². The Morgan fingerprint density at radius 3 is 2.50 bits per heavy atom. The Morgan fingerprint density at radius 2 is 1.85 bits per heavy atom. The highest BCUT2D eigenvalue weighted by molar-refractivity contribution is 6.33. The zero-order valence-corrected chi connectivity index (χ0v) is 18.0. The van der Waals surface area contributed by atoms with Crippen LogP contribution in [0.1, 0.15) is 22.5 Å². The molecular weight excluding hydrogens is 475 g/mol. The van der Waals surface area contributed by atoms with E-state index in [2.05, 4.69) is 30.6 Å². The maximum Gasteiger partial charge on any atom is 0.338 e. The van der Waals surface area contributed by atoms with Gasteiger partial charge < -0.3 is 32.3 Å². The van der Waals surface area contributed by atoms with Crippen molar-refractivity contribution in [2.75, 3.05) is 16.8 Å². The van der Waals surface area contributed by atoms with Gasteiger partial charge in [-0.3, -0.25) is 4.79 Å². The third kappa shape index (κ3) is 5.72. The van der Waals surface area contributed by atoms with Crippen molar-refractivity contribution >= 4 is 58.1 Å². The molecule has 2 heterocycles. The van der Waals surface area contributed by atoms with Crippen molar-refractivity contribution in [2.45, 2.75) is 25.2 Å². The summed E-state index contributed by atoms with van der Waals surface area (Å²) in [6.07, 6.45) is -1.93. The molecule has 1 unspecified atom stereocenters. The Morgan fingerprint density at radius 1 is 1.12 bits per heavy atom. The predicted octanol–water partition coefficient (Wildman–Crippen LogP) is 0.846. The number of aromatic nitrogens is 4. The number of alkyl halides is 1. The Hall–Kier alpha value is -4.33. The third-order valence-corrected chi connectivity index (χ3v) is 4.82. The molecule has 3 rings (SSSR count). The quantitative estimate of drug-likeness (QED) is 0.244. The fraction of sp³-hybridized carbons (Fsp3) is 0.211. The molecule has 0 aliphatic carbocycles. The minimum Gasteiger partial charge on any atom is -0.480 e. The number of fused-ring (bicyclic) bond motifs is 1. The van der Waals surface area contributed by atoms with Crippen molar-refractivity contribution in [3.05, 3.63) is 40.7 Å². The summed E-state index contributed by atoms with van der Waals surface area (Å²) in [5.74, 6) is -4.22. The number of carboxylic acids is 2. The highest BCUT2D eigenvalue weighted by atomic mass is 35.5. The Balaban J connectivity index is 1.68. The van der Waals surface area contributed by atoms with Crippen molar-refractivity contribution < 1.29 is 29.0 Å². The number of aliphatic carboxylic acids is 2. The number of nitrogens with one attached hydrogen (secondary N) is 2. The van der Waals surface area contributed by atoms with Crippen LogP contribution in [0.3, 0.4) is 0 Å². The average Bonchev–Trinajstić information content (AvgIpc) is 2.77. The van der Waals surface area contributed by atoms with Crippen molar-refractivity contribution in [3.63, 3.8) is 0 Å². The summed E-state index contributed by atoms with van der Waals surface area (Å²) in [4.78, 5) is 50.5. The van der Waals surface area contributed by atoms with Gasteiger partial charge in [0.2, 0.25) is 5.95 Å². The monoisotopic (exact) mass is 492 g/mol. The van der Waals surface area contributed by atoms with Crippen LogP contribution in [0.5, 0.6) is 0 Å². The molecule has 1 aromatic carbocycles. The van der Waals surface area contributed by atoms with Crippen molar-refractivity contribution in [1.29, 1.82) is 0 Å². The van der Waals surface area contributed by atoms with Crippen LogP contribution in [0.4, 0.5) is 21.8 Å². The van der Waals surface area contributed by atoms with Gasteiger partial charge in [-0.1, -0.05) is 11.6 Å². The summed E-state index contributed by atoms with van der Waals surface area (Å²) < 4.78 is 13.4. The second-order valence-electron chi connectivity index (χ2n) is 6.95. The van der Waals surface area contributed by atoms with Crippen LogP contribution in [-0.4, -0.2) is 60.2 Å². The number of nitrogens with zero attached hydrogens (tertiary/aromatic N) is 4. The van der Waals surface area contributed by atoms with E-state index in [1.807, 2.05) is 0 Å². The summed E-state index contributed by atoms with van der Waals surface area (Å²) >= 11 is 6.22. The number of hydrogen-bond donors (Lipinski definition) is 6. The number of benzene rings is 1. The maximum absolute atomic E-state index is 13.4. The second-order valence-corrected chi connectivity index (χ2v) is 7.36. The Labute approximate surface area is 195 Å². The van der Waals surface area contributed by atoms with Crippen LogP contribution in [-0.2, 0) is 16.1 Å². The molecule has 2 aromatic heterocycles. The molecule has 34 heavy (non-hydrogen) atoms. The van der Waals surface area contributed by atoms with Crippen LogP contribution >= 0.6 is 11.6 Å². The molecule has 0 aliphatic heterocycles. The first-order valence-corrected chi connectivity index (χ1v) is 9.91. The lowest BCUT2D eigenvalue weighted by Crippen LogP contribution is -2.43. The number of carbonyl (C=O) groups excluding carboxylic acids is 1. The predicted molar refractivity (Wildman–Crippen MR) is 119 cm³/mol. The summed E-state index contributed by atoms with van der Waals surface area (Å²) in [6, 6.07) is 2.35. The lowest BCUT2D eigenvalue weighted by molar-refractivity contribution is -0.145. The normalized spacial score (nSPS) is 12.6. The summed E-state index contributed by atoms with van der Waals surface area (Å²) in [5.41, 5.74) is 12.7. The minimum absolute atomic E-state index is 0.0134. The van der Waals surface area contributed by atoms with E-state index in [0.29, 0.717) is 11.4 Å². The number of hydrogen-bond acceptors (Lipinski definition) is 10. The average molecular weight is 493 g/mol. The standard InChI is InChI=1S/C19H18ClFN8O5/c20-9-3-7(16(30)27-12(18(33)34)4-10(21)17(31)32)1-2-11(9)24-5-8-6-25-15-13(26-8)14(22)28-19(23)29-15/h1-3,6,10,12,24H,4-5H2,(H,27,30)(H,31,32)(H,33,34)(H4,22,23,25,28,29)/t10?,12-/m0/s1. The maximum atomic E-state index is 13.4. The highest BCUT2D eigenvalue weighted by Crippen LogP contribution is 2.24. The molecule has 178 valence electrons. The van der Waals surface area contributed by atoms with E-state index < -0.39 is 36.5 Å². The Kier molecular flexibility index (Phi) is 7.21. The molecule has 2 atom stereocenters. The first-order chi connectivity index (χ1) is 16.0. The first-order valence-electron chi connectivity index (χ1n) is 9.53. The molecule has 0 aliphatic rings. The van der Waals surface area contributed by atoms with Gasteiger partial charge in [0.05, 0.1) is 29.1 Å². The summed E-state index contributed by atoms with van der Waals surface area (Å²) in [6.45, 7) is 0.173. The molecule has 1 amide bonds. The molecule has 0 bridgehead atoms. The number of anilines is 3. The molecule has 8 N–H and O–H groups in total. The number of carboxylic acid groups (broad SMARTS) is 2. The number of nitrogens with two attached hydrogens (primary N) is 2. The Bertz CT molecular complexity index is 1280. The number of nitrogen functional groups attached to an aromatic ring is 2. The lowest BCUT2D eigenvalue weighted by atomic mass is 10.1. The van der Waals surface area contributed by atoms with Gasteiger partial charge in [0.1, 0.15) is 6.04 Å². The fourth-order valence-corrected chi connectivity index (χ4v) is 3.07. The van der Waals surface area contributed by atoms with E-state index in [9.17, 15) is 18.8 Å². The topological polar surface area (TPSA) is 219 Å². The summed E-state index contributed by atoms with van der Waals surface area (Å²) in [7, 11) is 0. The van der Waals surface area contributed by atoms with Crippen LogP contribution in [0.2, 0.25) is 5.02 Å². The van der Waals surface area contributed by atoms with E-state index >= 15 is 0 Å². The van der Waals surface area contributed by atoms with Gasteiger partial charge in [-0.05, 0) is 18.2 Å². The van der Waals surface area contributed by atoms with Gasteiger partial charge in [-0.2, -0.15) is 9.97 Å². The SMILES string of the molecule is Nc1nc(N)c2nc(CNc3ccc(C(=O)N[C@@H](CC(F)C(=O)O)C(=O)O)cc3Cl)cnc2n1. The third-order valence-electron chi connectivity index (χ3n) is 4.51. The van der Waals surface area contributed by atoms with Crippen molar-refractivity contribution in [1.82, 2.24) is 25.3 Å². The molecule has 0 saturated heterocycles. The van der Waals surface area contributed by atoms with Crippen LogP contribution in [0.25, 0.3) is 11.2 Å².